The Balaban J connectivity index is 0.00000225. The van der Waals surface area contributed by atoms with Crippen molar-refractivity contribution in [3.05, 3.63) is 35.9 Å². The molecule has 2 aliphatic heterocycles. The van der Waals surface area contributed by atoms with Crippen LogP contribution in [0.2, 0.25) is 0 Å². The maximum absolute atomic E-state index is 12.6. The summed E-state index contributed by atoms with van der Waals surface area (Å²) in [6, 6.07) is 10.5. The summed E-state index contributed by atoms with van der Waals surface area (Å²) in [5, 5.41) is 0. The molecule has 142 valence electrons. The van der Waals surface area contributed by atoms with Gasteiger partial charge in [0.1, 0.15) is 0 Å². The molecule has 0 aromatic heterocycles. The lowest BCUT2D eigenvalue weighted by Crippen LogP contribution is -2.49. The van der Waals surface area contributed by atoms with Gasteiger partial charge in [-0.3, -0.25) is 4.90 Å². The number of likely N-dealkylation sites (tertiary alicyclic amines) is 1. The largest absolute Gasteiger partial charge is 0.299 e. The van der Waals surface area contributed by atoms with Crippen LogP contribution in [-0.4, -0.2) is 49.8 Å². The third-order valence-electron chi connectivity index (χ3n) is 5.06. The zero-order valence-corrected chi connectivity index (χ0v) is 16.4. The average Bonchev–Trinajstić information content (AvgIpc) is 2.87. The molecule has 0 bridgehead atoms. The highest BCUT2D eigenvalue weighted by atomic mass is 35.5. The SMILES string of the molecule is Cl.O=S(=O)(NC1CCN(Cc2ccccc2)CC1)N1CCCCCC1. The van der Waals surface area contributed by atoms with Crippen molar-refractivity contribution >= 4 is 22.6 Å². The number of nitrogens with one attached hydrogen (secondary N) is 1. The molecule has 2 fully saturated rings. The third kappa shape index (κ3) is 6.22. The van der Waals surface area contributed by atoms with Gasteiger partial charge in [0.25, 0.3) is 10.2 Å². The van der Waals surface area contributed by atoms with Gasteiger partial charge in [0.15, 0.2) is 0 Å². The summed E-state index contributed by atoms with van der Waals surface area (Å²) < 4.78 is 29.8. The smallest absolute Gasteiger partial charge is 0.279 e. The van der Waals surface area contributed by atoms with Crippen LogP contribution in [0.25, 0.3) is 0 Å². The average molecular weight is 388 g/mol. The van der Waals surface area contributed by atoms with E-state index in [1.165, 1.54) is 5.56 Å². The Bertz CT molecular complexity index is 596. The highest BCUT2D eigenvalue weighted by Crippen LogP contribution is 2.17. The monoisotopic (exact) mass is 387 g/mol. The van der Waals surface area contributed by atoms with E-state index in [4.69, 9.17) is 0 Å². The second-order valence-electron chi connectivity index (χ2n) is 6.97. The molecule has 0 amide bonds. The predicted octanol–water partition coefficient (Wildman–Crippen LogP) is 2.78. The first-order chi connectivity index (χ1) is 11.6. The van der Waals surface area contributed by atoms with Crippen molar-refractivity contribution in [2.45, 2.75) is 51.1 Å². The number of hydrogen-bond donors (Lipinski definition) is 1. The van der Waals surface area contributed by atoms with Gasteiger partial charge in [-0.2, -0.15) is 17.4 Å². The second kappa shape index (κ2) is 9.88. The van der Waals surface area contributed by atoms with Crippen LogP contribution in [0.3, 0.4) is 0 Å². The molecule has 2 heterocycles. The van der Waals surface area contributed by atoms with Crippen LogP contribution in [0, 0.1) is 0 Å². The topological polar surface area (TPSA) is 52.7 Å². The molecule has 5 nitrogen and oxygen atoms in total. The van der Waals surface area contributed by atoms with Crippen molar-refractivity contribution in [1.29, 1.82) is 0 Å². The molecule has 2 aliphatic rings. The molecule has 1 aromatic rings. The van der Waals surface area contributed by atoms with Crippen LogP contribution in [0.4, 0.5) is 0 Å². The molecule has 2 saturated heterocycles. The van der Waals surface area contributed by atoms with Gasteiger partial charge in [-0.1, -0.05) is 43.2 Å². The van der Waals surface area contributed by atoms with Crippen LogP contribution in [0.5, 0.6) is 0 Å². The minimum atomic E-state index is -3.32. The molecule has 3 rings (SSSR count). The zero-order valence-electron chi connectivity index (χ0n) is 14.8. The Kier molecular flexibility index (Phi) is 8.16. The Morgan fingerprint density at radius 2 is 1.52 bits per heavy atom. The number of nitrogens with zero attached hydrogens (tertiary/aromatic N) is 2. The summed E-state index contributed by atoms with van der Waals surface area (Å²) in [6.45, 7) is 4.18. The number of halogens is 1. The Morgan fingerprint density at radius 3 is 2.12 bits per heavy atom. The molecular weight excluding hydrogens is 358 g/mol. The third-order valence-corrected chi connectivity index (χ3v) is 6.73. The molecule has 0 atom stereocenters. The normalized spacial score (nSPS) is 21.4. The first-order valence-electron chi connectivity index (χ1n) is 9.17. The van der Waals surface area contributed by atoms with Gasteiger partial charge in [0, 0.05) is 38.8 Å². The highest BCUT2D eigenvalue weighted by molar-refractivity contribution is 7.87. The van der Waals surface area contributed by atoms with E-state index < -0.39 is 10.2 Å². The number of piperidine rings is 1. The molecule has 1 aromatic carbocycles. The highest BCUT2D eigenvalue weighted by Gasteiger charge is 2.28. The lowest BCUT2D eigenvalue weighted by molar-refractivity contribution is 0.198. The van der Waals surface area contributed by atoms with Gasteiger partial charge in [-0.15, -0.1) is 12.4 Å². The van der Waals surface area contributed by atoms with Crippen molar-refractivity contribution in [1.82, 2.24) is 13.9 Å². The lowest BCUT2D eigenvalue weighted by Gasteiger charge is -2.33. The number of benzene rings is 1. The zero-order chi connectivity index (χ0) is 16.8. The van der Waals surface area contributed by atoms with Crippen LogP contribution < -0.4 is 4.72 Å². The number of rotatable bonds is 5. The van der Waals surface area contributed by atoms with Crippen molar-refractivity contribution in [3.63, 3.8) is 0 Å². The minimum Gasteiger partial charge on any atom is -0.299 e. The molecule has 1 N–H and O–H groups in total. The summed E-state index contributed by atoms with van der Waals surface area (Å²) in [6.07, 6.45) is 6.03. The van der Waals surface area contributed by atoms with Crippen LogP contribution in [0.15, 0.2) is 30.3 Å². The van der Waals surface area contributed by atoms with E-state index >= 15 is 0 Å². The van der Waals surface area contributed by atoms with Crippen molar-refractivity contribution in [2.24, 2.45) is 0 Å². The number of hydrogen-bond acceptors (Lipinski definition) is 3. The van der Waals surface area contributed by atoms with E-state index in [0.29, 0.717) is 13.1 Å². The molecule has 0 aliphatic carbocycles. The molecule has 25 heavy (non-hydrogen) atoms. The first-order valence-corrected chi connectivity index (χ1v) is 10.6. The predicted molar refractivity (Wildman–Crippen MR) is 104 cm³/mol. The van der Waals surface area contributed by atoms with E-state index in [2.05, 4.69) is 33.9 Å². The van der Waals surface area contributed by atoms with E-state index in [1.807, 2.05) is 6.07 Å². The lowest BCUT2D eigenvalue weighted by atomic mass is 10.1. The quantitative estimate of drug-likeness (QED) is 0.845. The summed E-state index contributed by atoms with van der Waals surface area (Å²) in [7, 11) is -3.32. The Labute approximate surface area is 158 Å². The van der Waals surface area contributed by atoms with Crippen molar-refractivity contribution in [2.75, 3.05) is 26.2 Å². The summed E-state index contributed by atoms with van der Waals surface area (Å²) in [5.41, 5.74) is 1.32. The molecule has 0 saturated carbocycles. The molecule has 0 unspecified atom stereocenters. The summed E-state index contributed by atoms with van der Waals surface area (Å²) in [5.74, 6) is 0. The molecule has 7 heteroatoms. The fourth-order valence-corrected chi connectivity index (χ4v) is 5.16. The van der Waals surface area contributed by atoms with E-state index in [0.717, 1.165) is 58.2 Å². The minimum absolute atomic E-state index is 0. The fraction of sp³-hybridized carbons (Fsp3) is 0.667. The fourth-order valence-electron chi connectivity index (χ4n) is 3.62. The Morgan fingerprint density at radius 1 is 0.920 bits per heavy atom. The van der Waals surface area contributed by atoms with Gasteiger partial charge in [-0.25, -0.2) is 0 Å². The maximum atomic E-state index is 12.6. The van der Waals surface area contributed by atoms with Crippen molar-refractivity contribution in [3.8, 4) is 0 Å². The standard InChI is InChI=1S/C18H29N3O2S.ClH/c22-24(23,21-12-6-1-2-7-13-21)19-18-10-14-20(15-11-18)16-17-8-4-3-5-9-17;/h3-5,8-9,18-19H,1-2,6-7,10-16H2;1H. The van der Waals surface area contributed by atoms with Gasteiger partial charge in [0.05, 0.1) is 0 Å². The van der Waals surface area contributed by atoms with Crippen LogP contribution in [0.1, 0.15) is 44.1 Å². The Hall–Kier alpha value is -0.660. The van der Waals surface area contributed by atoms with Crippen LogP contribution in [-0.2, 0) is 16.8 Å². The summed E-state index contributed by atoms with van der Waals surface area (Å²) in [4.78, 5) is 2.41. The summed E-state index contributed by atoms with van der Waals surface area (Å²) >= 11 is 0. The van der Waals surface area contributed by atoms with Crippen molar-refractivity contribution < 1.29 is 8.42 Å². The van der Waals surface area contributed by atoms with E-state index in [1.54, 1.807) is 4.31 Å². The second-order valence-corrected chi connectivity index (χ2v) is 8.67. The first kappa shape index (κ1) is 20.6. The van der Waals surface area contributed by atoms with E-state index in [9.17, 15) is 8.42 Å². The van der Waals surface area contributed by atoms with Gasteiger partial charge in [-0.05, 0) is 31.2 Å². The molecule has 0 spiro atoms. The van der Waals surface area contributed by atoms with Gasteiger partial charge in [0.2, 0.25) is 0 Å². The van der Waals surface area contributed by atoms with Crippen LogP contribution >= 0.6 is 12.4 Å². The van der Waals surface area contributed by atoms with E-state index in [-0.39, 0.29) is 18.4 Å². The molecule has 0 radical (unpaired) electrons. The van der Waals surface area contributed by atoms with Gasteiger partial charge < -0.3 is 0 Å². The van der Waals surface area contributed by atoms with Gasteiger partial charge >= 0.3 is 0 Å². The molecular formula is C18H30ClN3O2S. The maximum Gasteiger partial charge on any atom is 0.279 e.